The highest BCUT2D eigenvalue weighted by molar-refractivity contribution is 5.94. The quantitative estimate of drug-likeness (QED) is 0.639. The van der Waals surface area contributed by atoms with E-state index in [0.29, 0.717) is 18.7 Å². The summed E-state index contributed by atoms with van der Waals surface area (Å²) in [5, 5.41) is 7.50. The van der Waals surface area contributed by atoms with Crippen molar-refractivity contribution < 1.29 is 4.79 Å². The SMILES string of the molecule is N=C(N)c1ccc(CN(Cc2ccccc2)C(=O)N2CCCCC2)cc1. The smallest absolute Gasteiger partial charge is 0.320 e. The van der Waals surface area contributed by atoms with Crippen LogP contribution in [0.15, 0.2) is 54.6 Å². The lowest BCUT2D eigenvalue weighted by atomic mass is 10.1. The van der Waals surface area contributed by atoms with E-state index < -0.39 is 0 Å². The van der Waals surface area contributed by atoms with Crippen molar-refractivity contribution in [3.63, 3.8) is 0 Å². The molecule has 5 nitrogen and oxygen atoms in total. The third kappa shape index (κ3) is 4.63. The molecular weight excluding hydrogens is 324 g/mol. The predicted octanol–water partition coefficient (Wildman–Crippen LogP) is 3.58. The molecule has 0 saturated carbocycles. The molecule has 3 rings (SSSR count). The average molecular weight is 350 g/mol. The zero-order valence-corrected chi connectivity index (χ0v) is 15.0. The lowest BCUT2D eigenvalue weighted by molar-refractivity contribution is 0.138. The Bertz CT molecular complexity index is 736. The Morgan fingerprint density at radius 1 is 0.923 bits per heavy atom. The third-order valence-electron chi connectivity index (χ3n) is 4.75. The summed E-state index contributed by atoms with van der Waals surface area (Å²) < 4.78 is 0. The first-order chi connectivity index (χ1) is 12.6. The van der Waals surface area contributed by atoms with Gasteiger partial charge in [-0.1, -0.05) is 54.6 Å². The number of hydrogen-bond donors (Lipinski definition) is 2. The molecule has 1 aliphatic rings. The minimum Gasteiger partial charge on any atom is -0.384 e. The number of carbonyl (C=O) groups excluding carboxylic acids is 1. The number of nitrogen functional groups attached to an aromatic ring is 1. The van der Waals surface area contributed by atoms with Gasteiger partial charge in [-0.2, -0.15) is 0 Å². The molecule has 0 unspecified atom stereocenters. The van der Waals surface area contributed by atoms with Crippen LogP contribution in [0.5, 0.6) is 0 Å². The third-order valence-corrected chi connectivity index (χ3v) is 4.75. The van der Waals surface area contributed by atoms with Crippen molar-refractivity contribution in [3.8, 4) is 0 Å². The van der Waals surface area contributed by atoms with Gasteiger partial charge in [0.15, 0.2) is 0 Å². The standard InChI is InChI=1S/C21H26N4O/c22-20(23)19-11-9-18(10-12-19)16-25(15-17-7-3-1-4-8-17)21(26)24-13-5-2-6-14-24/h1,3-4,7-12H,2,5-6,13-16H2,(H3,22,23). The number of amidine groups is 1. The number of nitrogens with one attached hydrogen (secondary N) is 1. The second-order valence-electron chi connectivity index (χ2n) is 6.78. The molecule has 0 aromatic heterocycles. The van der Waals surface area contributed by atoms with E-state index in [2.05, 4.69) is 12.1 Å². The van der Waals surface area contributed by atoms with Gasteiger partial charge in [0.25, 0.3) is 0 Å². The fourth-order valence-electron chi connectivity index (χ4n) is 3.29. The van der Waals surface area contributed by atoms with Crippen LogP contribution in [0.4, 0.5) is 4.79 Å². The monoisotopic (exact) mass is 350 g/mol. The molecule has 1 heterocycles. The number of nitrogens with zero attached hydrogens (tertiary/aromatic N) is 2. The second kappa shape index (κ2) is 8.52. The molecule has 2 aromatic rings. The highest BCUT2D eigenvalue weighted by Gasteiger charge is 2.23. The maximum Gasteiger partial charge on any atom is 0.320 e. The minimum atomic E-state index is 0.0575. The molecule has 0 atom stereocenters. The molecule has 1 saturated heterocycles. The lowest BCUT2D eigenvalue weighted by Crippen LogP contribution is -2.44. The van der Waals surface area contributed by atoms with Crippen molar-refractivity contribution in [1.82, 2.24) is 9.80 Å². The molecule has 26 heavy (non-hydrogen) atoms. The van der Waals surface area contributed by atoms with Crippen molar-refractivity contribution >= 4 is 11.9 Å². The van der Waals surface area contributed by atoms with Crippen LogP contribution in [-0.4, -0.2) is 34.8 Å². The maximum absolute atomic E-state index is 13.1. The van der Waals surface area contributed by atoms with E-state index in [4.69, 9.17) is 11.1 Å². The van der Waals surface area contributed by atoms with Gasteiger partial charge in [-0.3, -0.25) is 5.41 Å². The van der Waals surface area contributed by atoms with E-state index in [0.717, 1.165) is 37.1 Å². The molecule has 0 bridgehead atoms. The molecular formula is C21H26N4O. The summed E-state index contributed by atoms with van der Waals surface area (Å²) in [6.45, 7) is 2.81. The summed E-state index contributed by atoms with van der Waals surface area (Å²) >= 11 is 0. The number of likely N-dealkylation sites (tertiary alicyclic amines) is 1. The van der Waals surface area contributed by atoms with Gasteiger partial charge in [-0.15, -0.1) is 0 Å². The maximum atomic E-state index is 13.1. The minimum absolute atomic E-state index is 0.0575. The molecule has 3 N–H and O–H groups in total. The first-order valence-electron chi connectivity index (χ1n) is 9.14. The molecule has 1 aliphatic heterocycles. The van der Waals surface area contributed by atoms with Gasteiger partial charge in [0, 0.05) is 31.7 Å². The topological polar surface area (TPSA) is 73.4 Å². The highest BCUT2D eigenvalue weighted by Crippen LogP contribution is 2.17. The fraction of sp³-hybridized carbons (Fsp3) is 0.333. The van der Waals surface area contributed by atoms with Crippen molar-refractivity contribution in [2.45, 2.75) is 32.4 Å². The summed E-state index contributed by atoms with van der Waals surface area (Å²) in [6, 6.07) is 17.8. The van der Waals surface area contributed by atoms with E-state index in [9.17, 15) is 4.79 Å². The van der Waals surface area contributed by atoms with Crippen molar-refractivity contribution in [1.29, 1.82) is 5.41 Å². The van der Waals surface area contributed by atoms with E-state index in [1.807, 2.05) is 52.3 Å². The lowest BCUT2D eigenvalue weighted by Gasteiger charge is -2.33. The normalized spacial score (nSPS) is 14.1. The number of piperidine rings is 1. The number of rotatable bonds is 5. The summed E-state index contributed by atoms with van der Waals surface area (Å²) in [5.74, 6) is 0.0575. The van der Waals surface area contributed by atoms with Crippen LogP contribution < -0.4 is 5.73 Å². The van der Waals surface area contributed by atoms with Crippen LogP contribution in [0.2, 0.25) is 0 Å². The molecule has 5 heteroatoms. The van der Waals surface area contributed by atoms with Gasteiger partial charge >= 0.3 is 6.03 Å². The van der Waals surface area contributed by atoms with Crippen LogP contribution in [0, 0.1) is 5.41 Å². The van der Waals surface area contributed by atoms with Gasteiger partial charge < -0.3 is 15.5 Å². The van der Waals surface area contributed by atoms with Crippen LogP contribution in [0.1, 0.15) is 36.0 Å². The number of nitrogens with two attached hydrogens (primary N) is 1. The molecule has 2 aromatic carbocycles. The Kier molecular flexibility index (Phi) is 5.89. The Morgan fingerprint density at radius 2 is 1.50 bits per heavy atom. The molecule has 2 amide bonds. The number of carbonyl (C=O) groups is 1. The van der Waals surface area contributed by atoms with Crippen LogP contribution in [0.3, 0.4) is 0 Å². The van der Waals surface area contributed by atoms with Gasteiger partial charge in [0.2, 0.25) is 0 Å². The van der Waals surface area contributed by atoms with E-state index in [1.54, 1.807) is 0 Å². The van der Waals surface area contributed by atoms with Crippen molar-refractivity contribution in [2.75, 3.05) is 13.1 Å². The Hall–Kier alpha value is -2.82. The zero-order valence-electron chi connectivity index (χ0n) is 15.0. The summed E-state index contributed by atoms with van der Waals surface area (Å²) in [5.41, 5.74) is 8.39. The van der Waals surface area contributed by atoms with Crippen molar-refractivity contribution in [2.24, 2.45) is 5.73 Å². The van der Waals surface area contributed by atoms with E-state index in [1.165, 1.54) is 6.42 Å². The second-order valence-corrected chi connectivity index (χ2v) is 6.78. The molecule has 136 valence electrons. The summed E-state index contributed by atoms with van der Waals surface area (Å²) in [4.78, 5) is 17.0. The first-order valence-corrected chi connectivity index (χ1v) is 9.14. The van der Waals surface area contributed by atoms with Crippen molar-refractivity contribution in [3.05, 3.63) is 71.3 Å². The zero-order chi connectivity index (χ0) is 18.4. The number of amides is 2. The van der Waals surface area contributed by atoms with Crippen LogP contribution in [-0.2, 0) is 13.1 Å². The van der Waals surface area contributed by atoms with Crippen LogP contribution >= 0.6 is 0 Å². The molecule has 1 fully saturated rings. The fourth-order valence-corrected chi connectivity index (χ4v) is 3.29. The van der Waals surface area contributed by atoms with Gasteiger partial charge in [0.1, 0.15) is 5.84 Å². The number of benzene rings is 2. The highest BCUT2D eigenvalue weighted by atomic mass is 16.2. The Morgan fingerprint density at radius 3 is 2.08 bits per heavy atom. The Labute approximate surface area is 154 Å². The molecule has 0 spiro atoms. The van der Waals surface area contributed by atoms with Gasteiger partial charge in [-0.25, -0.2) is 4.79 Å². The predicted molar refractivity (Wildman–Crippen MR) is 104 cm³/mol. The first kappa shape index (κ1) is 18.0. The van der Waals surface area contributed by atoms with Gasteiger partial charge in [0.05, 0.1) is 0 Å². The van der Waals surface area contributed by atoms with Crippen LogP contribution in [0.25, 0.3) is 0 Å². The van der Waals surface area contributed by atoms with Gasteiger partial charge in [-0.05, 0) is 30.4 Å². The number of urea groups is 1. The Balaban J connectivity index is 1.77. The van der Waals surface area contributed by atoms with E-state index in [-0.39, 0.29) is 11.9 Å². The largest absolute Gasteiger partial charge is 0.384 e. The summed E-state index contributed by atoms with van der Waals surface area (Å²) in [6.07, 6.45) is 3.37. The van der Waals surface area contributed by atoms with E-state index >= 15 is 0 Å². The molecule has 0 radical (unpaired) electrons. The number of hydrogen-bond acceptors (Lipinski definition) is 2. The molecule has 0 aliphatic carbocycles. The summed E-state index contributed by atoms with van der Waals surface area (Å²) in [7, 11) is 0. The average Bonchev–Trinajstić information content (AvgIpc) is 2.69.